The Morgan fingerprint density at radius 1 is 1.25 bits per heavy atom. The van der Waals surface area contributed by atoms with Gasteiger partial charge >= 0.3 is 0 Å². The third-order valence-corrected chi connectivity index (χ3v) is 4.65. The summed E-state index contributed by atoms with van der Waals surface area (Å²) in [5.41, 5.74) is 0.0794. The zero-order valence-electron chi connectivity index (χ0n) is 14.6. The number of para-hydroxylation sites is 1. The lowest BCUT2D eigenvalue weighted by molar-refractivity contribution is -0.142. The molecule has 1 heterocycles. The molecular weight excluding hydrogens is 302 g/mol. The molecule has 128 valence electrons. The van der Waals surface area contributed by atoms with Crippen LogP contribution in [0.2, 0.25) is 0 Å². The van der Waals surface area contributed by atoms with Gasteiger partial charge in [0.1, 0.15) is 5.82 Å². The van der Waals surface area contributed by atoms with Crippen LogP contribution < -0.4 is 5.56 Å². The third-order valence-electron chi connectivity index (χ3n) is 4.65. The first-order valence-corrected chi connectivity index (χ1v) is 8.65. The Morgan fingerprint density at radius 2 is 1.92 bits per heavy atom. The Kier molecular flexibility index (Phi) is 4.43. The molecule has 0 spiro atoms. The first-order valence-electron chi connectivity index (χ1n) is 8.65. The van der Waals surface area contributed by atoms with Gasteiger partial charge in [-0.2, -0.15) is 0 Å². The van der Waals surface area contributed by atoms with Crippen molar-refractivity contribution in [1.82, 2.24) is 14.9 Å². The highest BCUT2D eigenvalue weighted by molar-refractivity contribution is 5.82. The van der Waals surface area contributed by atoms with Crippen LogP contribution in [0.3, 0.4) is 0 Å². The Bertz CT molecular complexity index is 798. The van der Waals surface area contributed by atoms with Crippen LogP contribution in [0.15, 0.2) is 29.1 Å². The maximum Gasteiger partial charge on any atom is 0.258 e. The second-order valence-corrected chi connectivity index (χ2v) is 7.65. The number of fused-ring (bicyclic) bond motifs is 1. The van der Waals surface area contributed by atoms with Gasteiger partial charge in [-0.05, 0) is 25.0 Å². The van der Waals surface area contributed by atoms with E-state index in [1.54, 1.807) is 6.07 Å². The largest absolute Gasteiger partial charge is 0.332 e. The topological polar surface area (TPSA) is 66.1 Å². The molecule has 0 unspecified atom stereocenters. The smallest absolute Gasteiger partial charge is 0.258 e. The highest BCUT2D eigenvalue weighted by Crippen LogP contribution is 2.29. The summed E-state index contributed by atoms with van der Waals surface area (Å²) < 4.78 is 0. The van der Waals surface area contributed by atoms with Crippen molar-refractivity contribution < 1.29 is 4.79 Å². The lowest BCUT2D eigenvalue weighted by Gasteiger charge is -2.34. The van der Waals surface area contributed by atoms with Crippen LogP contribution in [0.4, 0.5) is 0 Å². The average molecular weight is 327 g/mol. The van der Waals surface area contributed by atoms with Crippen molar-refractivity contribution >= 4 is 16.8 Å². The Balaban J connectivity index is 1.95. The molecule has 5 nitrogen and oxygen atoms in total. The van der Waals surface area contributed by atoms with Gasteiger partial charge in [-0.1, -0.05) is 45.7 Å². The van der Waals surface area contributed by atoms with E-state index in [0.29, 0.717) is 23.3 Å². The minimum Gasteiger partial charge on any atom is -0.332 e. The van der Waals surface area contributed by atoms with Crippen LogP contribution in [-0.4, -0.2) is 26.8 Å². The molecule has 0 saturated heterocycles. The maximum absolute atomic E-state index is 12.9. The molecule has 1 saturated carbocycles. The summed E-state index contributed by atoms with van der Waals surface area (Å²) in [6, 6.07) is 7.54. The van der Waals surface area contributed by atoms with E-state index in [9.17, 15) is 9.59 Å². The number of aromatic amines is 1. The molecule has 0 bridgehead atoms. The van der Waals surface area contributed by atoms with Crippen molar-refractivity contribution in [1.29, 1.82) is 0 Å². The van der Waals surface area contributed by atoms with E-state index in [1.165, 1.54) is 0 Å². The maximum atomic E-state index is 12.9. The SMILES string of the molecule is CC(C)(C)C(=O)N(Cc1nc2ccccc2c(=O)[nH]1)C1CCCC1. The molecule has 0 atom stereocenters. The van der Waals surface area contributed by atoms with E-state index in [4.69, 9.17) is 0 Å². The number of nitrogens with one attached hydrogen (secondary N) is 1. The second-order valence-electron chi connectivity index (χ2n) is 7.65. The Hall–Kier alpha value is -2.17. The fourth-order valence-electron chi connectivity index (χ4n) is 3.38. The van der Waals surface area contributed by atoms with Crippen LogP contribution in [0.5, 0.6) is 0 Å². The van der Waals surface area contributed by atoms with Gasteiger partial charge in [0.15, 0.2) is 0 Å². The summed E-state index contributed by atoms with van der Waals surface area (Å²) in [4.78, 5) is 34.5. The van der Waals surface area contributed by atoms with Crippen LogP contribution in [0.25, 0.3) is 10.9 Å². The summed E-state index contributed by atoms with van der Waals surface area (Å²) in [6.45, 7) is 6.18. The monoisotopic (exact) mass is 327 g/mol. The molecule has 2 aromatic rings. The molecule has 0 radical (unpaired) electrons. The molecule has 1 fully saturated rings. The van der Waals surface area contributed by atoms with Crippen molar-refractivity contribution in [3.8, 4) is 0 Å². The van der Waals surface area contributed by atoms with Crippen molar-refractivity contribution in [2.45, 2.75) is 59.0 Å². The molecule has 1 aliphatic carbocycles. The van der Waals surface area contributed by atoms with E-state index >= 15 is 0 Å². The number of carbonyl (C=O) groups excluding carboxylic acids is 1. The molecule has 1 aromatic carbocycles. The number of carbonyl (C=O) groups is 1. The highest BCUT2D eigenvalue weighted by Gasteiger charge is 2.33. The van der Waals surface area contributed by atoms with Gasteiger partial charge in [-0.25, -0.2) is 4.98 Å². The minimum absolute atomic E-state index is 0.116. The first-order chi connectivity index (χ1) is 11.4. The first kappa shape index (κ1) is 16.7. The average Bonchev–Trinajstić information content (AvgIpc) is 3.05. The number of aromatic nitrogens is 2. The summed E-state index contributed by atoms with van der Waals surface area (Å²) in [5, 5.41) is 0.579. The predicted molar refractivity (Wildman–Crippen MR) is 94.6 cm³/mol. The summed E-state index contributed by atoms with van der Waals surface area (Å²) >= 11 is 0. The number of hydrogen-bond donors (Lipinski definition) is 1. The molecule has 24 heavy (non-hydrogen) atoms. The lowest BCUT2D eigenvalue weighted by Crippen LogP contribution is -2.45. The van der Waals surface area contributed by atoms with Crippen LogP contribution in [-0.2, 0) is 11.3 Å². The molecule has 1 N–H and O–H groups in total. The fraction of sp³-hybridized carbons (Fsp3) is 0.526. The molecule has 5 heteroatoms. The summed E-state index contributed by atoms with van der Waals surface area (Å²) in [6.07, 6.45) is 4.36. The highest BCUT2D eigenvalue weighted by atomic mass is 16.2. The van der Waals surface area contributed by atoms with Gasteiger partial charge in [0.2, 0.25) is 5.91 Å². The zero-order chi connectivity index (χ0) is 17.3. The van der Waals surface area contributed by atoms with Crippen molar-refractivity contribution in [3.63, 3.8) is 0 Å². The molecule has 3 rings (SSSR count). The van der Waals surface area contributed by atoms with Gasteiger partial charge in [0.05, 0.1) is 17.4 Å². The normalized spacial score (nSPS) is 15.8. The number of benzene rings is 1. The zero-order valence-corrected chi connectivity index (χ0v) is 14.6. The number of nitrogens with zero attached hydrogens (tertiary/aromatic N) is 2. The third kappa shape index (κ3) is 3.35. The number of amides is 1. The van der Waals surface area contributed by atoms with E-state index < -0.39 is 5.41 Å². The molecule has 1 amide bonds. The van der Waals surface area contributed by atoms with Crippen LogP contribution in [0, 0.1) is 5.41 Å². The van der Waals surface area contributed by atoms with Crippen molar-refractivity contribution in [3.05, 3.63) is 40.4 Å². The summed E-state index contributed by atoms with van der Waals surface area (Å²) in [5.74, 6) is 0.674. The van der Waals surface area contributed by atoms with Crippen LogP contribution in [0.1, 0.15) is 52.3 Å². The van der Waals surface area contributed by atoms with E-state index in [0.717, 1.165) is 25.7 Å². The van der Waals surface area contributed by atoms with Crippen molar-refractivity contribution in [2.75, 3.05) is 0 Å². The molecule has 1 aliphatic rings. The van der Waals surface area contributed by atoms with Crippen LogP contribution >= 0.6 is 0 Å². The van der Waals surface area contributed by atoms with Crippen molar-refractivity contribution in [2.24, 2.45) is 5.41 Å². The standard InChI is InChI=1S/C19H25N3O2/c1-19(2,3)18(24)22(13-8-4-5-9-13)12-16-20-15-11-7-6-10-14(15)17(23)21-16/h6-7,10-11,13H,4-5,8-9,12H2,1-3H3,(H,20,21,23). The molecule has 1 aromatic heterocycles. The molecular formula is C19H25N3O2. The van der Waals surface area contributed by atoms with Gasteiger partial charge < -0.3 is 9.88 Å². The Morgan fingerprint density at radius 3 is 2.58 bits per heavy atom. The second kappa shape index (κ2) is 6.38. The van der Waals surface area contributed by atoms with Gasteiger partial charge in [0.25, 0.3) is 5.56 Å². The predicted octanol–water partition coefficient (Wildman–Crippen LogP) is 3.24. The van der Waals surface area contributed by atoms with Gasteiger partial charge in [0, 0.05) is 11.5 Å². The van der Waals surface area contributed by atoms with E-state index in [2.05, 4.69) is 9.97 Å². The summed E-state index contributed by atoms with van der Waals surface area (Å²) in [7, 11) is 0. The van der Waals surface area contributed by atoms with Gasteiger partial charge in [-0.3, -0.25) is 9.59 Å². The lowest BCUT2D eigenvalue weighted by atomic mass is 9.93. The fourth-order valence-corrected chi connectivity index (χ4v) is 3.38. The Labute approximate surface area is 142 Å². The minimum atomic E-state index is -0.445. The number of H-pyrrole nitrogens is 1. The molecule has 0 aliphatic heterocycles. The van der Waals surface area contributed by atoms with Gasteiger partial charge in [-0.15, -0.1) is 0 Å². The number of hydrogen-bond acceptors (Lipinski definition) is 3. The van der Waals surface area contributed by atoms with E-state index in [-0.39, 0.29) is 17.5 Å². The van der Waals surface area contributed by atoms with E-state index in [1.807, 2.05) is 43.9 Å². The number of rotatable bonds is 3. The quantitative estimate of drug-likeness (QED) is 0.941.